The summed E-state index contributed by atoms with van der Waals surface area (Å²) in [6, 6.07) is 7.71. The monoisotopic (exact) mass is 317 g/mol. The van der Waals surface area contributed by atoms with Crippen molar-refractivity contribution in [2.45, 2.75) is 33.2 Å². The average molecular weight is 317 g/mol. The van der Waals surface area contributed by atoms with E-state index in [9.17, 15) is 9.59 Å². The lowest BCUT2D eigenvalue weighted by Crippen LogP contribution is -2.29. The molecule has 2 aromatic rings. The second kappa shape index (κ2) is 7.76. The van der Waals surface area contributed by atoms with E-state index in [0.717, 1.165) is 23.3 Å². The predicted molar refractivity (Wildman–Crippen MR) is 87.9 cm³/mol. The molecule has 0 aliphatic heterocycles. The Labute approximate surface area is 135 Å². The largest absolute Gasteiger partial charge is 0.468 e. The number of carbonyl (C=O) groups excluding carboxylic acids is 2. The van der Waals surface area contributed by atoms with Crippen molar-refractivity contribution >= 4 is 22.9 Å². The normalized spacial score (nSPS) is 11.0. The fraction of sp³-hybridized carbons (Fsp3) is 0.471. The minimum Gasteiger partial charge on any atom is -0.468 e. The van der Waals surface area contributed by atoms with Gasteiger partial charge in [0.1, 0.15) is 12.4 Å². The van der Waals surface area contributed by atoms with Crippen molar-refractivity contribution in [3.63, 3.8) is 0 Å². The number of nitrogens with zero attached hydrogens (tertiary/aromatic N) is 2. The minimum atomic E-state index is -0.303. The fourth-order valence-electron chi connectivity index (χ4n) is 2.35. The van der Waals surface area contributed by atoms with E-state index < -0.39 is 0 Å². The van der Waals surface area contributed by atoms with Gasteiger partial charge in [-0.1, -0.05) is 26.0 Å². The van der Waals surface area contributed by atoms with Gasteiger partial charge in [-0.05, 0) is 18.6 Å². The van der Waals surface area contributed by atoms with Crippen molar-refractivity contribution in [3.05, 3.63) is 30.1 Å². The summed E-state index contributed by atoms with van der Waals surface area (Å²) in [6.45, 7) is 4.47. The van der Waals surface area contributed by atoms with Crippen molar-refractivity contribution in [3.8, 4) is 0 Å². The van der Waals surface area contributed by atoms with Crippen molar-refractivity contribution in [2.24, 2.45) is 5.92 Å². The molecule has 0 fully saturated rings. The van der Waals surface area contributed by atoms with Crippen molar-refractivity contribution in [1.29, 1.82) is 0 Å². The van der Waals surface area contributed by atoms with Gasteiger partial charge in [0, 0.05) is 18.9 Å². The van der Waals surface area contributed by atoms with E-state index in [4.69, 9.17) is 4.74 Å². The molecule has 2 rings (SSSR count). The number of hydrogen-bond acceptors (Lipinski definition) is 4. The van der Waals surface area contributed by atoms with Crippen LogP contribution in [0, 0.1) is 5.92 Å². The van der Waals surface area contributed by atoms with Gasteiger partial charge >= 0.3 is 5.97 Å². The predicted octanol–water partition coefficient (Wildman–Crippen LogP) is 1.91. The Kier molecular flexibility index (Phi) is 5.73. The number of esters is 1. The van der Waals surface area contributed by atoms with E-state index in [1.54, 1.807) is 0 Å². The number of aromatic nitrogens is 2. The molecule has 0 aliphatic rings. The summed E-state index contributed by atoms with van der Waals surface area (Å²) in [4.78, 5) is 27.8. The molecular weight excluding hydrogens is 294 g/mol. The Morgan fingerprint density at radius 1 is 1.30 bits per heavy atom. The lowest BCUT2D eigenvalue weighted by molar-refractivity contribution is -0.141. The summed E-state index contributed by atoms with van der Waals surface area (Å²) >= 11 is 0. The number of hydrogen-bond donors (Lipinski definition) is 1. The molecule has 1 heterocycles. The zero-order valence-corrected chi connectivity index (χ0v) is 13.8. The minimum absolute atomic E-state index is 0.0149. The first kappa shape index (κ1) is 17.0. The van der Waals surface area contributed by atoms with E-state index >= 15 is 0 Å². The summed E-state index contributed by atoms with van der Waals surface area (Å²) in [5.74, 6) is 0.560. The number of carbonyl (C=O) groups is 2. The number of benzene rings is 1. The highest BCUT2D eigenvalue weighted by Crippen LogP contribution is 2.17. The Balaban J connectivity index is 2.08. The van der Waals surface area contributed by atoms with Crippen LogP contribution in [0.1, 0.15) is 26.1 Å². The Hall–Kier alpha value is -2.37. The summed E-state index contributed by atoms with van der Waals surface area (Å²) < 4.78 is 6.65. The van der Waals surface area contributed by atoms with Gasteiger partial charge in [-0.15, -0.1) is 0 Å². The van der Waals surface area contributed by atoms with Crippen molar-refractivity contribution in [2.75, 3.05) is 13.7 Å². The van der Waals surface area contributed by atoms with E-state index in [0.29, 0.717) is 13.0 Å². The molecule has 0 saturated heterocycles. The lowest BCUT2D eigenvalue weighted by Gasteiger charge is -2.09. The summed E-state index contributed by atoms with van der Waals surface area (Å²) in [7, 11) is 1.38. The molecule has 0 atom stereocenters. The maximum absolute atomic E-state index is 11.6. The van der Waals surface area contributed by atoms with E-state index in [-0.39, 0.29) is 24.3 Å². The highest BCUT2D eigenvalue weighted by Gasteiger charge is 2.13. The SMILES string of the molecule is COC(=O)Cn1c(CCCNC(=O)C(C)C)nc2ccccc21. The molecule has 0 radical (unpaired) electrons. The van der Waals surface area contributed by atoms with Crippen LogP contribution in [0.5, 0.6) is 0 Å². The van der Waals surface area contributed by atoms with E-state index in [2.05, 4.69) is 10.3 Å². The summed E-state index contributed by atoms with van der Waals surface area (Å²) in [5.41, 5.74) is 1.77. The fourth-order valence-corrected chi connectivity index (χ4v) is 2.35. The van der Waals surface area contributed by atoms with Gasteiger partial charge < -0.3 is 14.6 Å². The number of amides is 1. The van der Waals surface area contributed by atoms with Gasteiger partial charge in [0.2, 0.25) is 5.91 Å². The van der Waals surface area contributed by atoms with Crippen LogP contribution >= 0.6 is 0 Å². The third kappa shape index (κ3) is 4.31. The van der Waals surface area contributed by atoms with Gasteiger partial charge in [-0.25, -0.2) is 4.98 Å². The number of fused-ring (bicyclic) bond motifs is 1. The molecule has 23 heavy (non-hydrogen) atoms. The standard InChI is InChI=1S/C17H23N3O3/c1-12(2)17(22)18-10-6-9-15-19-13-7-4-5-8-14(13)20(15)11-16(21)23-3/h4-5,7-8,12H,6,9-11H2,1-3H3,(H,18,22). The highest BCUT2D eigenvalue weighted by atomic mass is 16.5. The average Bonchev–Trinajstić information content (AvgIpc) is 2.89. The van der Waals surface area contributed by atoms with Crippen LogP contribution in [-0.4, -0.2) is 35.1 Å². The molecule has 0 saturated carbocycles. The zero-order valence-electron chi connectivity index (χ0n) is 13.8. The van der Waals surface area contributed by atoms with Crippen LogP contribution < -0.4 is 5.32 Å². The quantitative estimate of drug-likeness (QED) is 0.625. The van der Waals surface area contributed by atoms with E-state index in [1.807, 2.05) is 42.7 Å². The molecule has 1 aromatic heterocycles. The molecule has 1 aromatic carbocycles. The van der Waals surface area contributed by atoms with Gasteiger partial charge in [0.05, 0.1) is 18.1 Å². The number of aryl methyl sites for hydroxylation is 1. The number of ether oxygens (including phenoxy) is 1. The molecule has 0 bridgehead atoms. The molecule has 0 aliphatic carbocycles. The third-order valence-corrected chi connectivity index (χ3v) is 3.65. The van der Waals surface area contributed by atoms with Crippen LogP contribution in [0.3, 0.4) is 0 Å². The first-order valence-corrected chi connectivity index (χ1v) is 7.81. The second-order valence-electron chi connectivity index (χ2n) is 5.73. The zero-order chi connectivity index (χ0) is 16.8. The van der Waals surface area contributed by atoms with Crippen LogP contribution in [0.2, 0.25) is 0 Å². The van der Waals surface area contributed by atoms with Crippen LogP contribution in [0.15, 0.2) is 24.3 Å². The Morgan fingerprint density at radius 3 is 2.74 bits per heavy atom. The summed E-state index contributed by atoms with van der Waals surface area (Å²) in [5, 5.41) is 2.89. The second-order valence-corrected chi connectivity index (χ2v) is 5.73. The molecule has 124 valence electrons. The van der Waals surface area contributed by atoms with Crippen molar-refractivity contribution in [1.82, 2.24) is 14.9 Å². The molecule has 0 spiro atoms. The number of nitrogens with one attached hydrogen (secondary N) is 1. The lowest BCUT2D eigenvalue weighted by atomic mass is 10.2. The van der Waals surface area contributed by atoms with Gasteiger partial charge in [-0.2, -0.15) is 0 Å². The van der Waals surface area contributed by atoms with Gasteiger partial charge in [0.25, 0.3) is 0 Å². The topological polar surface area (TPSA) is 73.2 Å². The highest BCUT2D eigenvalue weighted by molar-refractivity contribution is 5.79. The van der Waals surface area contributed by atoms with Crippen molar-refractivity contribution < 1.29 is 14.3 Å². The maximum Gasteiger partial charge on any atom is 0.325 e. The first-order valence-electron chi connectivity index (χ1n) is 7.81. The third-order valence-electron chi connectivity index (χ3n) is 3.65. The maximum atomic E-state index is 11.6. The molecule has 1 amide bonds. The van der Waals surface area contributed by atoms with Crippen LogP contribution in [-0.2, 0) is 27.3 Å². The summed E-state index contributed by atoms with van der Waals surface area (Å²) in [6.07, 6.45) is 1.45. The number of rotatable bonds is 7. The van der Waals surface area contributed by atoms with Crippen LogP contribution in [0.25, 0.3) is 11.0 Å². The van der Waals surface area contributed by atoms with Gasteiger partial charge in [0.15, 0.2) is 0 Å². The number of imidazole rings is 1. The molecule has 6 nitrogen and oxygen atoms in total. The smallest absolute Gasteiger partial charge is 0.325 e. The molecule has 1 N–H and O–H groups in total. The number of para-hydroxylation sites is 2. The van der Waals surface area contributed by atoms with E-state index in [1.165, 1.54) is 7.11 Å². The Morgan fingerprint density at radius 2 is 2.04 bits per heavy atom. The first-order chi connectivity index (χ1) is 11.0. The molecule has 0 unspecified atom stereocenters. The molecule has 6 heteroatoms. The van der Waals surface area contributed by atoms with Crippen LogP contribution in [0.4, 0.5) is 0 Å². The van der Waals surface area contributed by atoms with Gasteiger partial charge in [-0.3, -0.25) is 9.59 Å². The molecular formula is C17H23N3O3. The Bertz CT molecular complexity index is 691. The number of methoxy groups -OCH3 is 1.